The number of ether oxygens (including phenoxy) is 1. The van der Waals surface area contributed by atoms with E-state index < -0.39 is 0 Å². The number of nitrogens with zero attached hydrogens (tertiary/aromatic N) is 1. The molecule has 0 saturated carbocycles. The molecule has 0 saturated heterocycles. The summed E-state index contributed by atoms with van der Waals surface area (Å²) in [6.07, 6.45) is 3.72. The highest BCUT2D eigenvalue weighted by Crippen LogP contribution is 2.06. The second-order valence-corrected chi connectivity index (χ2v) is 6.07. The Balaban J connectivity index is 2.48. The van der Waals surface area contributed by atoms with E-state index in [-0.39, 0.29) is 25.3 Å². The fraction of sp³-hybridized carbons (Fsp3) is 0.632. The van der Waals surface area contributed by atoms with Gasteiger partial charge in [0, 0.05) is 19.1 Å². The van der Waals surface area contributed by atoms with Crippen molar-refractivity contribution in [3.05, 3.63) is 35.9 Å². The van der Waals surface area contributed by atoms with Crippen LogP contribution in [0.1, 0.15) is 45.1 Å². The van der Waals surface area contributed by atoms with Crippen molar-refractivity contribution in [2.24, 2.45) is 0 Å². The summed E-state index contributed by atoms with van der Waals surface area (Å²) in [6, 6.07) is 9.72. The van der Waals surface area contributed by atoms with E-state index in [1.807, 2.05) is 30.3 Å². The van der Waals surface area contributed by atoms with Gasteiger partial charge in [-0.05, 0) is 24.9 Å². The Morgan fingerprint density at radius 3 is 2.58 bits per heavy atom. The summed E-state index contributed by atoms with van der Waals surface area (Å²) in [5.74, 6) is 0. The third-order valence-corrected chi connectivity index (χ3v) is 3.88. The van der Waals surface area contributed by atoms with Crippen molar-refractivity contribution < 1.29 is 14.6 Å². The van der Waals surface area contributed by atoms with Gasteiger partial charge in [0.2, 0.25) is 0 Å². The quantitative estimate of drug-likeness (QED) is 0.615. The summed E-state index contributed by atoms with van der Waals surface area (Å²) in [7, 11) is 0. The molecular formula is C19H32N2O3. The van der Waals surface area contributed by atoms with Crippen LogP contribution in [-0.2, 0) is 11.3 Å². The summed E-state index contributed by atoms with van der Waals surface area (Å²) in [5.41, 5.74) is 0.977. The number of unbranched alkanes of at least 4 members (excludes halogenated alkanes) is 1. The monoisotopic (exact) mass is 336 g/mol. The number of amides is 1. The molecule has 0 radical (unpaired) electrons. The van der Waals surface area contributed by atoms with Crippen LogP contribution in [-0.4, -0.2) is 48.4 Å². The van der Waals surface area contributed by atoms with Gasteiger partial charge in [0.25, 0.3) is 0 Å². The molecule has 0 aliphatic carbocycles. The molecule has 1 aromatic rings. The van der Waals surface area contributed by atoms with Gasteiger partial charge in [0.05, 0.1) is 6.61 Å². The molecule has 0 bridgehead atoms. The Morgan fingerprint density at radius 2 is 1.96 bits per heavy atom. The zero-order chi connectivity index (χ0) is 17.6. The molecule has 5 heteroatoms. The lowest BCUT2D eigenvalue weighted by Gasteiger charge is -2.27. The van der Waals surface area contributed by atoms with E-state index in [9.17, 15) is 9.90 Å². The molecular weight excluding hydrogens is 304 g/mol. The molecule has 1 rings (SSSR count). The van der Waals surface area contributed by atoms with E-state index in [4.69, 9.17) is 4.74 Å². The lowest BCUT2D eigenvalue weighted by molar-refractivity contribution is 0.127. The first-order valence-corrected chi connectivity index (χ1v) is 9.00. The molecule has 1 amide bonds. The zero-order valence-electron chi connectivity index (χ0n) is 15.0. The van der Waals surface area contributed by atoms with Crippen molar-refractivity contribution in [2.45, 2.75) is 52.2 Å². The number of benzene rings is 1. The highest BCUT2D eigenvalue weighted by molar-refractivity contribution is 5.67. The minimum Gasteiger partial charge on any atom is -0.445 e. The Kier molecular flexibility index (Phi) is 10.9. The predicted molar refractivity (Wildman–Crippen MR) is 96.9 cm³/mol. The van der Waals surface area contributed by atoms with Crippen molar-refractivity contribution >= 4 is 6.09 Å². The van der Waals surface area contributed by atoms with Gasteiger partial charge in [-0.3, -0.25) is 4.90 Å². The summed E-state index contributed by atoms with van der Waals surface area (Å²) in [6.45, 7) is 6.98. The van der Waals surface area contributed by atoms with Gasteiger partial charge in [0.15, 0.2) is 0 Å². The maximum atomic E-state index is 12.1. The zero-order valence-corrected chi connectivity index (χ0v) is 15.0. The highest BCUT2D eigenvalue weighted by Gasteiger charge is 2.16. The molecule has 1 aromatic carbocycles. The van der Waals surface area contributed by atoms with Gasteiger partial charge in [-0.1, -0.05) is 57.0 Å². The van der Waals surface area contributed by atoms with E-state index in [0.717, 1.165) is 44.3 Å². The van der Waals surface area contributed by atoms with Crippen LogP contribution in [0.25, 0.3) is 0 Å². The molecule has 24 heavy (non-hydrogen) atoms. The molecule has 0 spiro atoms. The maximum Gasteiger partial charge on any atom is 0.407 e. The Bertz CT molecular complexity index is 433. The Labute approximate surface area is 146 Å². The van der Waals surface area contributed by atoms with E-state index in [0.29, 0.717) is 6.54 Å². The molecule has 2 N–H and O–H groups in total. The number of carbonyl (C=O) groups is 1. The average molecular weight is 336 g/mol. The van der Waals surface area contributed by atoms with Gasteiger partial charge in [-0.25, -0.2) is 4.79 Å². The summed E-state index contributed by atoms with van der Waals surface area (Å²) < 4.78 is 5.32. The number of nitrogens with one attached hydrogen (secondary N) is 1. The number of carbonyl (C=O) groups excluding carboxylic acids is 1. The molecule has 0 aliphatic heterocycles. The first-order chi connectivity index (χ1) is 11.7. The van der Waals surface area contributed by atoms with Gasteiger partial charge in [-0.15, -0.1) is 0 Å². The molecule has 136 valence electrons. The molecule has 0 heterocycles. The maximum absolute atomic E-state index is 12.1. The van der Waals surface area contributed by atoms with Crippen LogP contribution in [0.5, 0.6) is 0 Å². The smallest absolute Gasteiger partial charge is 0.407 e. The minimum absolute atomic E-state index is 0.0475. The molecule has 0 aromatic heterocycles. The molecule has 5 nitrogen and oxygen atoms in total. The lowest BCUT2D eigenvalue weighted by atomic mass is 10.1. The van der Waals surface area contributed by atoms with Crippen LogP contribution in [0, 0.1) is 0 Å². The van der Waals surface area contributed by atoms with Crippen LogP contribution in [0.4, 0.5) is 4.79 Å². The third-order valence-electron chi connectivity index (χ3n) is 3.88. The first-order valence-electron chi connectivity index (χ1n) is 9.00. The number of rotatable bonds is 12. The average Bonchev–Trinajstić information content (AvgIpc) is 2.59. The Hall–Kier alpha value is -1.59. The van der Waals surface area contributed by atoms with Gasteiger partial charge >= 0.3 is 6.09 Å². The van der Waals surface area contributed by atoms with Gasteiger partial charge in [0.1, 0.15) is 6.61 Å². The van der Waals surface area contributed by atoms with Crippen molar-refractivity contribution in [1.82, 2.24) is 10.2 Å². The fourth-order valence-corrected chi connectivity index (χ4v) is 2.65. The van der Waals surface area contributed by atoms with Crippen LogP contribution in [0.15, 0.2) is 30.3 Å². The van der Waals surface area contributed by atoms with Crippen molar-refractivity contribution in [2.75, 3.05) is 26.2 Å². The number of hydrogen-bond acceptors (Lipinski definition) is 4. The molecule has 0 fully saturated rings. The van der Waals surface area contributed by atoms with Gasteiger partial charge in [-0.2, -0.15) is 0 Å². The fourth-order valence-electron chi connectivity index (χ4n) is 2.65. The van der Waals surface area contributed by atoms with E-state index >= 15 is 0 Å². The van der Waals surface area contributed by atoms with Crippen LogP contribution < -0.4 is 5.32 Å². The van der Waals surface area contributed by atoms with E-state index in [1.54, 1.807) is 0 Å². The van der Waals surface area contributed by atoms with Crippen LogP contribution >= 0.6 is 0 Å². The number of aliphatic hydroxyl groups excluding tert-OH is 1. The SMILES string of the molecule is CCCC[C@@H](CN(CCC)CCO)NC(=O)OCc1ccccc1. The van der Waals surface area contributed by atoms with Crippen molar-refractivity contribution in [3.8, 4) is 0 Å². The normalized spacial score (nSPS) is 12.2. The topological polar surface area (TPSA) is 61.8 Å². The van der Waals surface area contributed by atoms with Crippen LogP contribution in [0.2, 0.25) is 0 Å². The number of hydrogen-bond donors (Lipinski definition) is 2. The minimum atomic E-state index is -0.375. The number of aliphatic hydroxyl groups is 1. The molecule has 1 atom stereocenters. The predicted octanol–water partition coefficient (Wildman–Crippen LogP) is 3.18. The highest BCUT2D eigenvalue weighted by atomic mass is 16.5. The standard InChI is InChI=1S/C19H32N2O3/c1-3-5-11-18(15-21(12-4-2)13-14-22)20-19(23)24-16-17-9-7-6-8-10-17/h6-10,18,22H,3-5,11-16H2,1-2H3,(H,20,23)/t18-/m0/s1. The van der Waals surface area contributed by atoms with Gasteiger partial charge < -0.3 is 15.2 Å². The van der Waals surface area contributed by atoms with Crippen molar-refractivity contribution in [1.29, 1.82) is 0 Å². The molecule has 0 aliphatic rings. The third kappa shape index (κ3) is 8.89. The summed E-state index contributed by atoms with van der Waals surface area (Å²) in [4.78, 5) is 14.3. The molecule has 0 unspecified atom stereocenters. The second kappa shape index (κ2) is 12.8. The van der Waals surface area contributed by atoms with E-state index in [2.05, 4.69) is 24.1 Å². The summed E-state index contributed by atoms with van der Waals surface area (Å²) >= 11 is 0. The first kappa shape index (κ1) is 20.5. The van der Waals surface area contributed by atoms with E-state index in [1.165, 1.54) is 0 Å². The largest absolute Gasteiger partial charge is 0.445 e. The number of alkyl carbamates (subject to hydrolysis) is 1. The second-order valence-electron chi connectivity index (χ2n) is 6.07. The lowest BCUT2D eigenvalue weighted by Crippen LogP contribution is -2.45. The summed E-state index contributed by atoms with van der Waals surface area (Å²) in [5, 5.41) is 12.2. The Morgan fingerprint density at radius 1 is 1.21 bits per heavy atom. The van der Waals surface area contributed by atoms with Crippen LogP contribution in [0.3, 0.4) is 0 Å². The van der Waals surface area contributed by atoms with Crippen molar-refractivity contribution in [3.63, 3.8) is 0 Å².